The summed E-state index contributed by atoms with van der Waals surface area (Å²) in [6, 6.07) is 13.6. The van der Waals surface area contributed by atoms with Gasteiger partial charge >= 0.3 is 0 Å². The van der Waals surface area contributed by atoms with Gasteiger partial charge in [-0.3, -0.25) is 0 Å². The number of hydrogen-bond acceptors (Lipinski definition) is 2. The fourth-order valence-electron chi connectivity index (χ4n) is 2.07. The molecule has 0 aliphatic carbocycles. The van der Waals surface area contributed by atoms with Crippen molar-refractivity contribution in [1.29, 1.82) is 0 Å². The number of nitrogens with one attached hydrogen (secondary N) is 1. The maximum absolute atomic E-state index is 9.80. The third-order valence-electron chi connectivity index (χ3n) is 3.11. The van der Waals surface area contributed by atoms with Crippen molar-refractivity contribution < 1.29 is 5.11 Å². The van der Waals surface area contributed by atoms with Gasteiger partial charge in [0.25, 0.3) is 0 Å². The number of phenols is 1. The molecule has 106 valence electrons. The monoisotopic (exact) mass is 353 g/mol. The van der Waals surface area contributed by atoms with Crippen LogP contribution in [-0.4, -0.2) is 11.1 Å². The van der Waals surface area contributed by atoms with E-state index in [1.807, 2.05) is 30.3 Å². The normalized spacial score (nSPS) is 12.3. The Labute approximate surface area is 132 Å². The summed E-state index contributed by atoms with van der Waals surface area (Å²) in [5.41, 5.74) is 2.09. The van der Waals surface area contributed by atoms with Crippen molar-refractivity contribution >= 4 is 27.5 Å². The molecule has 4 heteroatoms. The van der Waals surface area contributed by atoms with Gasteiger partial charge in [0.05, 0.1) is 0 Å². The Morgan fingerprint density at radius 3 is 2.80 bits per heavy atom. The molecule has 0 radical (unpaired) electrons. The Kier molecular flexibility index (Phi) is 5.46. The van der Waals surface area contributed by atoms with Crippen LogP contribution in [0, 0.1) is 0 Å². The van der Waals surface area contributed by atoms with Crippen molar-refractivity contribution in [3.8, 4) is 5.75 Å². The topological polar surface area (TPSA) is 32.3 Å². The molecule has 0 saturated heterocycles. The zero-order chi connectivity index (χ0) is 14.5. The average molecular weight is 355 g/mol. The van der Waals surface area contributed by atoms with Crippen LogP contribution < -0.4 is 5.32 Å². The van der Waals surface area contributed by atoms with E-state index in [0.717, 1.165) is 21.5 Å². The van der Waals surface area contributed by atoms with Crippen molar-refractivity contribution in [3.63, 3.8) is 0 Å². The van der Waals surface area contributed by atoms with Crippen LogP contribution in [0.4, 0.5) is 0 Å². The van der Waals surface area contributed by atoms with Crippen molar-refractivity contribution in [2.24, 2.45) is 0 Å². The quantitative estimate of drug-likeness (QED) is 0.827. The van der Waals surface area contributed by atoms with Gasteiger partial charge < -0.3 is 10.4 Å². The zero-order valence-corrected chi connectivity index (χ0v) is 13.6. The Morgan fingerprint density at radius 1 is 1.25 bits per heavy atom. The number of rotatable bonds is 5. The van der Waals surface area contributed by atoms with Crippen molar-refractivity contribution in [3.05, 3.63) is 63.1 Å². The van der Waals surface area contributed by atoms with Gasteiger partial charge in [-0.15, -0.1) is 0 Å². The minimum Gasteiger partial charge on any atom is -0.508 e. The first-order chi connectivity index (χ1) is 9.54. The summed E-state index contributed by atoms with van der Waals surface area (Å²) in [7, 11) is 0. The third kappa shape index (κ3) is 4.51. The summed E-state index contributed by atoms with van der Waals surface area (Å²) in [5, 5.41) is 14.0. The lowest BCUT2D eigenvalue weighted by molar-refractivity contribution is 0.458. The van der Waals surface area contributed by atoms with Gasteiger partial charge in [-0.05, 0) is 49.2 Å². The summed E-state index contributed by atoms with van der Waals surface area (Å²) >= 11 is 9.39. The largest absolute Gasteiger partial charge is 0.508 e. The Bertz CT molecular complexity index is 588. The van der Waals surface area contributed by atoms with E-state index in [1.165, 1.54) is 5.56 Å². The van der Waals surface area contributed by atoms with E-state index in [2.05, 4.69) is 34.2 Å². The van der Waals surface area contributed by atoms with Crippen molar-refractivity contribution in [1.82, 2.24) is 5.32 Å². The molecule has 2 aromatic rings. The van der Waals surface area contributed by atoms with Gasteiger partial charge in [0, 0.05) is 27.6 Å². The first-order valence-corrected chi connectivity index (χ1v) is 7.67. The van der Waals surface area contributed by atoms with Gasteiger partial charge in [-0.1, -0.05) is 39.7 Å². The lowest BCUT2D eigenvalue weighted by Crippen LogP contribution is -2.27. The summed E-state index contributed by atoms with van der Waals surface area (Å²) in [6.07, 6.45) is 0.898. The molecule has 2 rings (SSSR count). The van der Waals surface area contributed by atoms with E-state index >= 15 is 0 Å². The maximum atomic E-state index is 9.80. The summed E-state index contributed by atoms with van der Waals surface area (Å²) in [4.78, 5) is 0. The third-order valence-corrected chi connectivity index (χ3v) is 3.84. The second-order valence-corrected chi connectivity index (χ2v) is 6.24. The highest BCUT2D eigenvalue weighted by Crippen LogP contribution is 2.21. The van der Waals surface area contributed by atoms with Gasteiger partial charge in [-0.25, -0.2) is 0 Å². The standard InChI is InChI=1S/C16H17BrClNO/c1-11(7-12-3-2-4-15(18)8-12)19-10-13-9-14(17)5-6-16(13)20/h2-6,8-9,11,19-20H,7,10H2,1H3. The molecule has 0 saturated carbocycles. The first-order valence-electron chi connectivity index (χ1n) is 6.50. The van der Waals surface area contributed by atoms with Crippen molar-refractivity contribution in [2.75, 3.05) is 0 Å². The predicted molar refractivity (Wildman–Crippen MR) is 87.3 cm³/mol. The number of benzene rings is 2. The minimum absolute atomic E-state index is 0.298. The van der Waals surface area contributed by atoms with E-state index in [1.54, 1.807) is 6.07 Å². The van der Waals surface area contributed by atoms with E-state index < -0.39 is 0 Å². The van der Waals surface area contributed by atoms with Crippen LogP contribution in [0.15, 0.2) is 46.9 Å². The van der Waals surface area contributed by atoms with E-state index in [0.29, 0.717) is 18.3 Å². The molecule has 2 N–H and O–H groups in total. The molecule has 0 bridgehead atoms. The number of aromatic hydroxyl groups is 1. The van der Waals surface area contributed by atoms with E-state index in [4.69, 9.17) is 11.6 Å². The molecule has 0 spiro atoms. The van der Waals surface area contributed by atoms with Gasteiger partial charge in [0.2, 0.25) is 0 Å². The van der Waals surface area contributed by atoms with Crippen LogP contribution in [0.3, 0.4) is 0 Å². The zero-order valence-electron chi connectivity index (χ0n) is 11.2. The average Bonchev–Trinajstić information content (AvgIpc) is 2.40. The van der Waals surface area contributed by atoms with Gasteiger partial charge in [-0.2, -0.15) is 0 Å². The lowest BCUT2D eigenvalue weighted by atomic mass is 10.1. The van der Waals surface area contributed by atoms with Crippen LogP contribution in [0.1, 0.15) is 18.1 Å². The summed E-state index contributed by atoms with van der Waals surface area (Å²) < 4.78 is 0.967. The van der Waals surface area contributed by atoms with Crippen LogP contribution in [0.2, 0.25) is 5.02 Å². The minimum atomic E-state index is 0.298. The summed E-state index contributed by atoms with van der Waals surface area (Å²) in [5.74, 6) is 0.315. The molecule has 2 nitrogen and oxygen atoms in total. The fourth-order valence-corrected chi connectivity index (χ4v) is 2.69. The molecule has 0 aromatic heterocycles. The predicted octanol–water partition coefficient (Wildman–Crippen LogP) is 4.53. The molecule has 2 aromatic carbocycles. The summed E-state index contributed by atoms with van der Waals surface area (Å²) in [6.45, 7) is 2.75. The number of phenolic OH excluding ortho intramolecular Hbond substituents is 1. The van der Waals surface area contributed by atoms with Crippen LogP contribution in [0.25, 0.3) is 0 Å². The Hall–Kier alpha value is -1.03. The molecule has 1 unspecified atom stereocenters. The Morgan fingerprint density at radius 2 is 2.05 bits per heavy atom. The number of halogens is 2. The molecule has 0 aliphatic heterocycles. The molecule has 20 heavy (non-hydrogen) atoms. The second kappa shape index (κ2) is 7.11. The first kappa shape index (κ1) is 15.4. The molecule has 0 fully saturated rings. The lowest BCUT2D eigenvalue weighted by Gasteiger charge is -2.15. The molecule has 0 heterocycles. The van der Waals surface area contributed by atoms with E-state index in [-0.39, 0.29) is 0 Å². The second-order valence-electron chi connectivity index (χ2n) is 4.89. The van der Waals surface area contributed by atoms with Crippen LogP contribution in [0.5, 0.6) is 5.75 Å². The highest BCUT2D eigenvalue weighted by atomic mass is 79.9. The molecular formula is C16H17BrClNO. The van der Waals surface area contributed by atoms with Crippen LogP contribution in [-0.2, 0) is 13.0 Å². The SMILES string of the molecule is CC(Cc1cccc(Cl)c1)NCc1cc(Br)ccc1O. The highest BCUT2D eigenvalue weighted by molar-refractivity contribution is 9.10. The smallest absolute Gasteiger partial charge is 0.120 e. The fraction of sp³-hybridized carbons (Fsp3) is 0.250. The molecule has 1 atom stereocenters. The maximum Gasteiger partial charge on any atom is 0.120 e. The van der Waals surface area contributed by atoms with Crippen molar-refractivity contribution in [2.45, 2.75) is 25.9 Å². The highest BCUT2D eigenvalue weighted by Gasteiger charge is 2.06. The number of hydrogen-bond donors (Lipinski definition) is 2. The molecular weight excluding hydrogens is 338 g/mol. The van der Waals surface area contributed by atoms with Gasteiger partial charge in [0.15, 0.2) is 0 Å². The van der Waals surface area contributed by atoms with Gasteiger partial charge in [0.1, 0.15) is 5.75 Å². The molecule has 0 aliphatic rings. The Balaban J connectivity index is 1.92. The van der Waals surface area contributed by atoms with Crippen LogP contribution >= 0.6 is 27.5 Å². The molecule has 0 amide bonds. The van der Waals surface area contributed by atoms with E-state index in [9.17, 15) is 5.11 Å².